The molecule has 1 saturated carbocycles. The number of benzene rings is 2. The smallest absolute Gasteiger partial charge is 0.320 e. The van der Waals surface area contributed by atoms with Gasteiger partial charge in [-0.25, -0.2) is 4.79 Å². The summed E-state index contributed by atoms with van der Waals surface area (Å²) < 4.78 is 5.95. The van der Waals surface area contributed by atoms with Crippen LogP contribution in [0.25, 0.3) is 0 Å². The standard InChI is InChI=1S/C36H50N4O4/c1-36(2,3)38-33(41)30(23-26-17-19-29(20-18-26)44-25-27-13-7-6-8-14-27)37-34(42)32-24-28-15-9-10-16-31(28)40(32)35(43)39-21-11-4-5-12-22-39/h6-8,13-14,17-20,28,30-32H,4-5,9-12,15-16,21-25H2,1-3H3,(H,37,42)(H,38,41)/t28?,30?,31-,32-/m0/s1. The number of nitrogens with zero attached hydrogens (tertiary/aromatic N) is 2. The molecule has 2 heterocycles. The monoisotopic (exact) mass is 602 g/mol. The van der Waals surface area contributed by atoms with Crippen molar-refractivity contribution in [1.82, 2.24) is 20.4 Å². The molecule has 0 spiro atoms. The largest absolute Gasteiger partial charge is 0.489 e. The van der Waals surface area contributed by atoms with Gasteiger partial charge < -0.3 is 25.2 Å². The molecule has 8 nitrogen and oxygen atoms in total. The first-order valence-electron chi connectivity index (χ1n) is 16.6. The second-order valence-corrected chi connectivity index (χ2v) is 13.9. The molecule has 2 aromatic carbocycles. The molecule has 0 bridgehead atoms. The van der Waals surface area contributed by atoms with Crippen LogP contribution in [0.4, 0.5) is 4.79 Å². The third kappa shape index (κ3) is 8.33. The molecule has 8 heteroatoms. The first-order valence-corrected chi connectivity index (χ1v) is 16.6. The summed E-state index contributed by atoms with van der Waals surface area (Å²) in [5, 5.41) is 6.17. The molecule has 3 fully saturated rings. The Kier molecular flexibility index (Phi) is 10.5. The van der Waals surface area contributed by atoms with Crippen molar-refractivity contribution in [3.8, 4) is 5.75 Å². The van der Waals surface area contributed by atoms with E-state index in [2.05, 4.69) is 10.6 Å². The highest BCUT2D eigenvalue weighted by Crippen LogP contribution is 2.40. The zero-order valence-corrected chi connectivity index (χ0v) is 26.7. The lowest BCUT2D eigenvalue weighted by molar-refractivity contribution is -0.131. The molecule has 4 atom stereocenters. The lowest BCUT2D eigenvalue weighted by Gasteiger charge is -2.37. The van der Waals surface area contributed by atoms with Crippen LogP contribution in [-0.4, -0.2) is 64.4 Å². The van der Waals surface area contributed by atoms with E-state index >= 15 is 0 Å². The molecule has 238 valence electrons. The zero-order chi connectivity index (χ0) is 31.1. The normalized spacial score (nSPS) is 22.8. The third-order valence-electron chi connectivity index (χ3n) is 9.23. The quantitative estimate of drug-likeness (QED) is 0.398. The lowest BCUT2D eigenvalue weighted by atomic mass is 9.84. The third-order valence-corrected chi connectivity index (χ3v) is 9.23. The molecule has 44 heavy (non-hydrogen) atoms. The van der Waals surface area contributed by atoms with Gasteiger partial charge in [0, 0.05) is 31.1 Å². The minimum Gasteiger partial charge on any atom is -0.489 e. The fourth-order valence-electron chi connectivity index (χ4n) is 7.03. The van der Waals surface area contributed by atoms with E-state index in [-0.39, 0.29) is 23.9 Å². The van der Waals surface area contributed by atoms with Crippen LogP contribution in [0, 0.1) is 5.92 Å². The van der Waals surface area contributed by atoms with E-state index in [4.69, 9.17) is 4.74 Å². The molecule has 0 radical (unpaired) electrons. The van der Waals surface area contributed by atoms with E-state index < -0.39 is 17.6 Å². The van der Waals surface area contributed by atoms with Crippen molar-refractivity contribution in [3.63, 3.8) is 0 Å². The van der Waals surface area contributed by atoms with Gasteiger partial charge in [-0.3, -0.25) is 9.59 Å². The summed E-state index contributed by atoms with van der Waals surface area (Å²) in [7, 11) is 0. The van der Waals surface area contributed by atoms with Gasteiger partial charge in [0.1, 0.15) is 24.4 Å². The van der Waals surface area contributed by atoms with E-state index in [1.54, 1.807) is 0 Å². The number of hydrogen-bond acceptors (Lipinski definition) is 4. The molecule has 2 aliphatic heterocycles. The van der Waals surface area contributed by atoms with Crippen molar-refractivity contribution in [1.29, 1.82) is 0 Å². The number of urea groups is 1. The maximum absolute atomic E-state index is 14.1. The van der Waals surface area contributed by atoms with Gasteiger partial charge in [-0.1, -0.05) is 68.1 Å². The van der Waals surface area contributed by atoms with Crippen molar-refractivity contribution in [2.24, 2.45) is 5.92 Å². The Balaban J connectivity index is 1.30. The SMILES string of the molecule is CC(C)(C)NC(=O)C(Cc1ccc(OCc2ccccc2)cc1)NC(=O)[C@@H]1CC2CCCC[C@@H]2N1C(=O)N1CCCCCC1. The van der Waals surface area contributed by atoms with Crippen LogP contribution >= 0.6 is 0 Å². The van der Waals surface area contributed by atoms with E-state index in [1.165, 1.54) is 0 Å². The van der Waals surface area contributed by atoms with Crippen molar-refractivity contribution in [2.75, 3.05) is 13.1 Å². The summed E-state index contributed by atoms with van der Waals surface area (Å²) in [4.78, 5) is 45.5. The van der Waals surface area contributed by atoms with Crippen molar-refractivity contribution in [3.05, 3.63) is 65.7 Å². The number of nitrogens with one attached hydrogen (secondary N) is 2. The molecule has 2 saturated heterocycles. The number of rotatable bonds is 8. The fourth-order valence-corrected chi connectivity index (χ4v) is 7.03. The Morgan fingerprint density at radius 2 is 1.55 bits per heavy atom. The van der Waals surface area contributed by atoms with Crippen molar-refractivity contribution >= 4 is 17.8 Å². The summed E-state index contributed by atoms with van der Waals surface area (Å²) in [5.41, 5.74) is 1.56. The number of hydrogen-bond donors (Lipinski definition) is 2. The lowest BCUT2D eigenvalue weighted by Crippen LogP contribution is -2.58. The highest BCUT2D eigenvalue weighted by molar-refractivity contribution is 5.92. The van der Waals surface area contributed by atoms with Crippen molar-refractivity contribution < 1.29 is 19.1 Å². The predicted molar refractivity (Wildman–Crippen MR) is 172 cm³/mol. The summed E-state index contributed by atoms with van der Waals surface area (Å²) in [6, 6.07) is 16.5. The molecule has 2 aromatic rings. The Labute approximate surface area is 262 Å². The van der Waals surface area contributed by atoms with Crippen LogP contribution in [0.15, 0.2) is 54.6 Å². The number of carbonyl (C=O) groups excluding carboxylic acids is 3. The van der Waals surface area contributed by atoms with Gasteiger partial charge in [-0.05, 0) is 82.1 Å². The Hall–Kier alpha value is -3.55. The van der Waals surface area contributed by atoms with Crippen LogP contribution in [0.1, 0.15) is 89.7 Å². The van der Waals surface area contributed by atoms with E-state index in [0.717, 1.165) is 81.3 Å². The van der Waals surface area contributed by atoms with Gasteiger partial charge in [0.05, 0.1) is 0 Å². The van der Waals surface area contributed by atoms with Crippen LogP contribution in [0.3, 0.4) is 0 Å². The molecule has 2 unspecified atom stereocenters. The maximum atomic E-state index is 14.1. The topological polar surface area (TPSA) is 91.0 Å². The number of fused-ring (bicyclic) bond motifs is 1. The molecule has 1 aliphatic carbocycles. The van der Waals surface area contributed by atoms with E-state index in [9.17, 15) is 14.4 Å². The molecular formula is C36H50N4O4. The minimum atomic E-state index is -0.768. The van der Waals surface area contributed by atoms with Crippen molar-refractivity contribution in [2.45, 2.75) is 115 Å². The maximum Gasteiger partial charge on any atom is 0.320 e. The molecule has 3 aliphatic rings. The van der Waals surface area contributed by atoms with E-state index in [0.29, 0.717) is 25.4 Å². The van der Waals surface area contributed by atoms with Gasteiger partial charge in [0.15, 0.2) is 0 Å². The molecule has 2 N–H and O–H groups in total. The zero-order valence-electron chi connectivity index (χ0n) is 26.7. The molecule has 4 amide bonds. The second-order valence-electron chi connectivity index (χ2n) is 13.9. The number of likely N-dealkylation sites (tertiary alicyclic amines) is 2. The Bertz CT molecular complexity index is 1250. The van der Waals surface area contributed by atoms with Gasteiger partial charge in [-0.2, -0.15) is 0 Å². The number of amides is 4. The van der Waals surface area contributed by atoms with Gasteiger partial charge >= 0.3 is 6.03 Å². The second kappa shape index (κ2) is 14.5. The number of carbonyl (C=O) groups is 3. The molecular weight excluding hydrogens is 552 g/mol. The highest BCUT2D eigenvalue weighted by Gasteiger charge is 2.49. The van der Waals surface area contributed by atoms with Crippen LogP contribution in [-0.2, 0) is 22.6 Å². The molecule has 0 aromatic heterocycles. The Morgan fingerprint density at radius 3 is 2.23 bits per heavy atom. The van der Waals surface area contributed by atoms with Gasteiger partial charge in [0.25, 0.3) is 0 Å². The number of ether oxygens (including phenoxy) is 1. The average molecular weight is 603 g/mol. The summed E-state index contributed by atoms with van der Waals surface area (Å²) in [6.45, 7) is 7.79. The van der Waals surface area contributed by atoms with Crippen LogP contribution < -0.4 is 15.4 Å². The average Bonchev–Trinajstić information content (AvgIpc) is 3.18. The summed E-state index contributed by atoms with van der Waals surface area (Å²) in [5.74, 6) is 0.629. The minimum absolute atomic E-state index is 0.00299. The summed E-state index contributed by atoms with van der Waals surface area (Å²) >= 11 is 0. The predicted octanol–water partition coefficient (Wildman–Crippen LogP) is 5.84. The molecule has 5 rings (SSSR count). The van der Waals surface area contributed by atoms with Gasteiger partial charge in [-0.15, -0.1) is 0 Å². The highest BCUT2D eigenvalue weighted by atomic mass is 16.5. The van der Waals surface area contributed by atoms with Gasteiger partial charge in [0.2, 0.25) is 11.8 Å². The van der Waals surface area contributed by atoms with Crippen LogP contribution in [0.5, 0.6) is 5.75 Å². The fraction of sp³-hybridized carbons (Fsp3) is 0.583. The first-order chi connectivity index (χ1) is 21.2. The first kappa shape index (κ1) is 31.9. The summed E-state index contributed by atoms with van der Waals surface area (Å²) in [6.07, 6.45) is 9.53. The Morgan fingerprint density at radius 1 is 0.864 bits per heavy atom. The van der Waals surface area contributed by atoms with E-state index in [1.807, 2.05) is 85.2 Å². The van der Waals surface area contributed by atoms with Crippen LogP contribution in [0.2, 0.25) is 0 Å².